The number of hydrogen-bond acceptors (Lipinski definition) is 6. The van der Waals surface area contributed by atoms with E-state index in [-0.39, 0.29) is 12.0 Å². The molecule has 0 radical (unpaired) electrons. The highest BCUT2D eigenvalue weighted by Gasteiger charge is 2.24. The van der Waals surface area contributed by atoms with Crippen LogP contribution in [-0.2, 0) is 0 Å². The molecule has 1 atom stereocenters. The van der Waals surface area contributed by atoms with Gasteiger partial charge in [0.2, 0.25) is 5.75 Å². The minimum absolute atomic E-state index is 0.0623. The Kier molecular flexibility index (Phi) is 5.15. The standard InChI is InChI=1S/C17H17F2N5O3/c1-10(2)15(16-22-21-14-5-3-4-8-23(14)16)20-11-6-7-12(24(25)26)13(9-11)27-17(18)19/h3-10,15,17,20H,1-2H3. The second-order valence-corrected chi connectivity index (χ2v) is 6.17. The van der Waals surface area contributed by atoms with Crippen LogP contribution in [0.2, 0.25) is 0 Å². The van der Waals surface area contributed by atoms with Gasteiger partial charge in [0.15, 0.2) is 11.5 Å². The van der Waals surface area contributed by atoms with Crippen LogP contribution in [-0.4, -0.2) is 26.1 Å². The Morgan fingerprint density at radius 3 is 2.67 bits per heavy atom. The van der Waals surface area contributed by atoms with Crippen molar-refractivity contribution in [3.05, 3.63) is 58.5 Å². The molecule has 1 aromatic carbocycles. The molecular weight excluding hydrogens is 360 g/mol. The van der Waals surface area contributed by atoms with E-state index in [1.54, 1.807) is 0 Å². The number of hydrogen-bond donors (Lipinski definition) is 1. The molecule has 0 aliphatic carbocycles. The van der Waals surface area contributed by atoms with Crippen LogP contribution in [0.3, 0.4) is 0 Å². The first-order valence-electron chi connectivity index (χ1n) is 8.16. The topological polar surface area (TPSA) is 94.6 Å². The quantitative estimate of drug-likeness (QED) is 0.493. The monoisotopic (exact) mass is 377 g/mol. The first kappa shape index (κ1) is 18.5. The predicted octanol–water partition coefficient (Wildman–Crippen LogP) is 4.05. The lowest BCUT2D eigenvalue weighted by Crippen LogP contribution is -2.20. The second-order valence-electron chi connectivity index (χ2n) is 6.17. The molecule has 0 amide bonds. The first-order chi connectivity index (χ1) is 12.9. The normalized spacial score (nSPS) is 12.5. The number of benzene rings is 1. The van der Waals surface area contributed by atoms with Gasteiger partial charge >= 0.3 is 12.3 Å². The second kappa shape index (κ2) is 7.52. The molecule has 10 heteroatoms. The van der Waals surface area contributed by atoms with Crippen LogP contribution in [0, 0.1) is 16.0 Å². The molecule has 8 nitrogen and oxygen atoms in total. The van der Waals surface area contributed by atoms with Crippen LogP contribution in [0.5, 0.6) is 5.75 Å². The van der Waals surface area contributed by atoms with Gasteiger partial charge in [-0.1, -0.05) is 19.9 Å². The van der Waals surface area contributed by atoms with Crippen molar-refractivity contribution in [3.63, 3.8) is 0 Å². The fraction of sp³-hybridized carbons (Fsp3) is 0.294. The Balaban J connectivity index is 1.96. The number of rotatable bonds is 7. The maximum absolute atomic E-state index is 12.6. The molecule has 1 N–H and O–H groups in total. The molecule has 0 aliphatic heterocycles. The highest BCUT2D eigenvalue weighted by molar-refractivity contribution is 5.58. The zero-order chi connectivity index (χ0) is 19.6. The van der Waals surface area contributed by atoms with Crippen LogP contribution >= 0.6 is 0 Å². The number of halogens is 2. The summed E-state index contributed by atoms with van der Waals surface area (Å²) in [5, 5.41) is 22.5. The summed E-state index contributed by atoms with van der Waals surface area (Å²) in [6.07, 6.45) is 1.82. The third-order valence-corrected chi connectivity index (χ3v) is 3.98. The van der Waals surface area contributed by atoms with Crippen molar-refractivity contribution in [1.82, 2.24) is 14.6 Å². The molecule has 27 heavy (non-hydrogen) atoms. The Morgan fingerprint density at radius 1 is 1.22 bits per heavy atom. The van der Waals surface area contributed by atoms with Gasteiger partial charge in [-0.05, 0) is 24.1 Å². The number of nitro groups is 1. The molecular formula is C17H17F2N5O3. The van der Waals surface area contributed by atoms with Crippen molar-refractivity contribution in [2.45, 2.75) is 26.5 Å². The number of aromatic nitrogens is 3. The van der Waals surface area contributed by atoms with Crippen molar-refractivity contribution >= 4 is 17.0 Å². The summed E-state index contributed by atoms with van der Waals surface area (Å²) in [7, 11) is 0. The fourth-order valence-corrected chi connectivity index (χ4v) is 2.73. The number of pyridine rings is 1. The van der Waals surface area contributed by atoms with Gasteiger partial charge in [0, 0.05) is 24.0 Å². The third kappa shape index (κ3) is 3.94. The Labute approximate surface area is 152 Å². The van der Waals surface area contributed by atoms with Crippen molar-refractivity contribution in [2.24, 2.45) is 5.92 Å². The summed E-state index contributed by atoms with van der Waals surface area (Å²) < 4.78 is 31.3. The largest absolute Gasteiger partial charge is 0.427 e. The van der Waals surface area contributed by atoms with Crippen LogP contribution in [0.15, 0.2) is 42.6 Å². The summed E-state index contributed by atoms with van der Waals surface area (Å²) in [6.45, 7) is 0.757. The van der Waals surface area contributed by atoms with E-state index in [1.807, 2.05) is 42.6 Å². The van der Waals surface area contributed by atoms with E-state index < -0.39 is 23.0 Å². The Bertz CT molecular complexity index is 961. The van der Waals surface area contributed by atoms with Gasteiger partial charge in [-0.2, -0.15) is 8.78 Å². The minimum atomic E-state index is -3.17. The Hall–Kier alpha value is -3.30. The Morgan fingerprint density at radius 2 is 2.00 bits per heavy atom. The number of fused-ring (bicyclic) bond motifs is 1. The van der Waals surface area contributed by atoms with Gasteiger partial charge in [-0.25, -0.2) is 0 Å². The molecule has 1 unspecified atom stereocenters. The van der Waals surface area contributed by atoms with Gasteiger partial charge in [0.05, 0.1) is 11.0 Å². The van der Waals surface area contributed by atoms with E-state index in [0.717, 1.165) is 6.07 Å². The highest BCUT2D eigenvalue weighted by atomic mass is 19.3. The van der Waals surface area contributed by atoms with E-state index in [4.69, 9.17) is 0 Å². The average molecular weight is 377 g/mol. The molecule has 0 fully saturated rings. The number of ether oxygens (including phenoxy) is 1. The number of nitrogens with one attached hydrogen (secondary N) is 1. The molecule has 0 saturated heterocycles. The molecule has 0 saturated carbocycles. The van der Waals surface area contributed by atoms with Crippen molar-refractivity contribution < 1.29 is 18.4 Å². The molecule has 0 bridgehead atoms. The van der Waals surface area contributed by atoms with Crippen molar-refractivity contribution in [1.29, 1.82) is 0 Å². The summed E-state index contributed by atoms with van der Waals surface area (Å²) in [4.78, 5) is 10.2. The lowest BCUT2D eigenvalue weighted by molar-refractivity contribution is -0.386. The van der Waals surface area contributed by atoms with E-state index in [0.29, 0.717) is 17.2 Å². The molecule has 0 spiro atoms. The summed E-state index contributed by atoms with van der Waals surface area (Å²) in [5.74, 6) is 0.191. The zero-order valence-electron chi connectivity index (χ0n) is 14.5. The zero-order valence-corrected chi connectivity index (χ0v) is 14.5. The third-order valence-electron chi connectivity index (χ3n) is 3.98. The average Bonchev–Trinajstić information content (AvgIpc) is 3.02. The maximum Gasteiger partial charge on any atom is 0.387 e. The van der Waals surface area contributed by atoms with E-state index in [2.05, 4.69) is 20.3 Å². The lowest BCUT2D eigenvalue weighted by Gasteiger charge is -2.22. The van der Waals surface area contributed by atoms with Gasteiger partial charge in [0.1, 0.15) is 0 Å². The summed E-state index contributed by atoms with van der Waals surface area (Å²) in [6, 6.07) is 8.93. The van der Waals surface area contributed by atoms with Crippen LogP contribution in [0.1, 0.15) is 25.7 Å². The molecule has 2 aromatic heterocycles. The number of nitrogens with zero attached hydrogens (tertiary/aromatic N) is 4. The maximum atomic E-state index is 12.6. The molecule has 0 aliphatic rings. The lowest BCUT2D eigenvalue weighted by atomic mass is 10.0. The number of anilines is 1. The molecule has 142 valence electrons. The molecule has 3 rings (SSSR count). The van der Waals surface area contributed by atoms with Gasteiger partial charge in [-0.15, -0.1) is 10.2 Å². The summed E-state index contributed by atoms with van der Waals surface area (Å²) >= 11 is 0. The first-order valence-corrected chi connectivity index (χ1v) is 8.16. The van der Waals surface area contributed by atoms with Crippen molar-refractivity contribution in [2.75, 3.05) is 5.32 Å². The highest BCUT2D eigenvalue weighted by Crippen LogP contribution is 2.34. The van der Waals surface area contributed by atoms with E-state index >= 15 is 0 Å². The molecule has 3 aromatic rings. The smallest absolute Gasteiger partial charge is 0.387 e. The summed E-state index contributed by atoms with van der Waals surface area (Å²) in [5.41, 5.74) is 0.530. The molecule has 2 heterocycles. The predicted molar refractivity (Wildman–Crippen MR) is 93.9 cm³/mol. The minimum Gasteiger partial charge on any atom is -0.427 e. The van der Waals surface area contributed by atoms with Gasteiger partial charge in [-0.3, -0.25) is 14.5 Å². The van der Waals surface area contributed by atoms with Gasteiger partial charge in [0.25, 0.3) is 0 Å². The van der Waals surface area contributed by atoms with E-state index in [9.17, 15) is 18.9 Å². The van der Waals surface area contributed by atoms with Crippen LogP contribution in [0.25, 0.3) is 5.65 Å². The van der Waals surface area contributed by atoms with E-state index in [1.165, 1.54) is 12.1 Å². The fourth-order valence-electron chi connectivity index (χ4n) is 2.73. The van der Waals surface area contributed by atoms with Gasteiger partial charge < -0.3 is 10.1 Å². The van der Waals surface area contributed by atoms with Crippen LogP contribution in [0.4, 0.5) is 20.2 Å². The number of nitro benzene ring substituents is 1. The van der Waals surface area contributed by atoms with Crippen molar-refractivity contribution in [3.8, 4) is 5.75 Å². The number of alkyl halides is 2. The SMILES string of the molecule is CC(C)C(Nc1ccc([N+](=O)[O-])c(OC(F)F)c1)c1nnc2ccccn12. The van der Waals surface area contributed by atoms with Crippen LogP contribution < -0.4 is 10.1 Å².